The summed E-state index contributed by atoms with van der Waals surface area (Å²) in [5.74, 6) is -0.883. The molecule has 2 rings (SSSR count). The zero-order valence-electron chi connectivity index (χ0n) is 11.9. The van der Waals surface area contributed by atoms with Gasteiger partial charge in [-0.15, -0.1) is 0 Å². The van der Waals surface area contributed by atoms with Gasteiger partial charge >= 0.3 is 5.97 Å². The first-order valence-corrected chi connectivity index (χ1v) is 7.24. The molecule has 0 aliphatic carbocycles. The van der Waals surface area contributed by atoms with Crippen LogP contribution < -0.4 is 5.32 Å². The van der Waals surface area contributed by atoms with E-state index in [2.05, 4.69) is 5.32 Å². The van der Waals surface area contributed by atoms with E-state index in [1.807, 2.05) is 13.0 Å². The van der Waals surface area contributed by atoms with Crippen molar-refractivity contribution in [2.75, 3.05) is 25.1 Å². The molecule has 1 fully saturated rings. The second kappa shape index (κ2) is 7.43. The largest absolute Gasteiger partial charge is 0.455 e. The standard InChI is InChI=1S/C15H18ClNO4/c1-10-2-3-12(8-13(10)16)17-14(18)9-21-15(19)11-4-6-20-7-5-11/h2-3,8,11H,4-7,9H2,1H3,(H,17,18). The number of hydrogen-bond donors (Lipinski definition) is 1. The van der Waals surface area contributed by atoms with Crippen LogP contribution in [0.4, 0.5) is 5.69 Å². The van der Waals surface area contributed by atoms with Crippen molar-refractivity contribution < 1.29 is 19.1 Å². The van der Waals surface area contributed by atoms with Gasteiger partial charge in [0.2, 0.25) is 0 Å². The molecule has 6 heteroatoms. The van der Waals surface area contributed by atoms with Crippen molar-refractivity contribution >= 4 is 29.2 Å². The second-order valence-corrected chi connectivity index (χ2v) is 5.41. The molecule has 1 aliphatic rings. The van der Waals surface area contributed by atoms with E-state index in [4.69, 9.17) is 21.1 Å². The smallest absolute Gasteiger partial charge is 0.309 e. The quantitative estimate of drug-likeness (QED) is 0.868. The molecule has 1 amide bonds. The topological polar surface area (TPSA) is 64.6 Å². The zero-order chi connectivity index (χ0) is 15.2. The molecular formula is C15H18ClNO4. The molecule has 1 heterocycles. The number of ether oxygens (including phenoxy) is 2. The normalized spacial score (nSPS) is 15.5. The lowest BCUT2D eigenvalue weighted by molar-refractivity contribution is -0.154. The lowest BCUT2D eigenvalue weighted by Gasteiger charge is -2.20. The maximum absolute atomic E-state index is 11.8. The number of esters is 1. The maximum atomic E-state index is 11.8. The highest BCUT2D eigenvalue weighted by Crippen LogP contribution is 2.20. The van der Waals surface area contributed by atoms with Crippen molar-refractivity contribution in [2.45, 2.75) is 19.8 Å². The fourth-order valence-corrected chi connectivity index (χ4v) is 2.24. The van der Waals surface area contributed by atoms with Gasteiger partial charge in [0, 0.05) is 23.9 Å². The van der Waals surface area contributed by atoms with Crippen LogP contribution in [0.3, 0.4) is 0 Å². The van der Waals surface area contributed by atoms with Crippen molar-refractivity contribution in [3.8, 4) is 0 Å². The number of anilines is 1. The van der Waals surface area contributed by atoms with E-state index in [1.54, 1.807) is 12.1 Å². The third kappa shape index (κ3) is 4.72. The van der Waals surface area contributed by atoms with Crippen LogP contribution in [-0.2, 0) is 19.1 Å². The highest BCUT2D eigenvalue weighted by Gasteiger charge is 2.23. The minimum atomic E-state index is -0.379. The van der Waals surface area contributed by atoms with Gasteiger partial charge in [0.1, 0.15) is 0 Å². The third-order valence-corrected chi connectivity index (χ3v) is 3.76. The van der Waals surface area contributed by atoms with Crippen molar-refractivity contribution in [1.82, 2.24) is 0 Å². The predicted molar refractivity (Wildman–Crippen MR) is 79.3 cm³/mol. The molecule has 21 heavy (non-hydrogen) atoms. The van der Waals surface area contributed by atoms with Crippen LogP contribution in [0, 0.1) is 12.8 Å². The highest BCUT2D eigenvalue weighted by atomic mass is 35.5. The number of rotatable bonds is 4. The summed E-state index contributed by atoms with van der Waals surface area (Å²) in [6.45, 7) is 2.72. The van der Waals surface area contributed by atoms with Gasteiger partial charge in [-0.05, 0) is 37.5 Å². The monoisotopic (exact) mass is 311 g/mol. The number of nitrogens with one attached hydrogen (secondary N) is 1. The molecule has 1 aliphatic heterocycles. The SMILES string of the molecule is Cc1ccc(NC(=O)COC(=O)C2CCOCC2)cc1Cl. The van der Waals surface area contributed by atoms with Crippen LogP contribution >= 0.6 is 11.6 Å². The fraction of sp³-hybridized carbons (Fsp3) is 0.467. The minimum Gasteiger partial charge on any atom is -0.455 e. The summed E-state index contributed by atoms with van der Waals surface area (Å²) in [6.07, 6.45) is 1.29. The molecule has 1 N–H and O–H groups in total. The number of amides is 1. The van der Waals surface area contributed by atoms with Gasteiger partial charge < -0.3 is 14.8 Å². The number of hydrogen-bond acceptors (Lipinski definition) is 4. The van der Waals surface area contributed by atoms with Crippen LogP contribution in [0.2, 0.25) is 5.02 Å². The van der Waals surface area contributed by atoms with Crippen molar-refractivity contribution in [3.05, 3.63) is 28.8 Å². The molecule has 0 unspecified atom stereocenters. The number of benzene rings is 1. The van der Waals surface area contributed by atoms with E-state index in [0.717, 1.165) is 5.56 Å². The molecule has 1 saturated heterocycles. The zero-order valence-corrected chi connectivity index (χ0v) is 12.6. The van der Waals surface area contributed by atoms with Crippen LogP contribution in [-0.4, -0.2) is 31.7 Å². The Kier molecular flexibility index (Phi) is 5.59. The lowest BCUT2D eigenvalue weighted by atomic mass is 10.0. The number of carbonyl (C=O) groups is 2. The van der Waals surface area contributed by atoms with Crippen LogP contribution in [0.1, 0.15) is 18.4 Å². The first-order valence-electron chi connectivity index (χ1n) is 6.86. The molecule has 0 bridgehead atoms. The Bertz CT molecular complexity index is 526. The maximum Gasteiger partial charge on any atom is 0.309 e. The number of halogens is 1. The average molecular weight is 312 g/mol. The molecule has 0 spiro atoms. The van der Waals surface area contributed by atoms with E-state index >= 15 is 0 Å². The van der Waals surface area contributed by atoms with E-state index < -0.39 is 0 Å². The van der Waals surface area contributed by atoms with E-state index in [1.165, 1.54) is 0 Å². The summed E-state index contributed by atoms with van der Waals surface area (Å²) < 4.78 is 10.2. The Morgan fingerprint density at radius 2 is 2.10 bits per heavy atom. The highest BCUT2D eigenvalue weighted by molar-refractivity contribution is 6.31. The van der Waals surface area contributed by atoms with Gasteiger partial charge in [0.25, 0.3) is 5.91 Å². The predicted octanol–water partition coefficient (Wildman–Crippen LogP) is 2.56. The molecule has 0 aromatic heterocycles. The molecule has 0 saturated carbocycles. The summed E-state index contributed by atoms with van der Waals surface area (Å²) in [6, 6.07) is 5.22. The van der Waals surface area contributed by atoms with Crippen molar-refractivity contribution in [1.29, 1.82) is 0 Å². The Hall–Kier alpha value is -1.59. The van der Waals surface area contributed by atoms with E-state index in [-0.39, 0.29) is 24.4 Å². The molecule has 0 atom stereocenters. The van der Waals surface area contributed by atoms with Crippen molar-refractivity contribution in [2.24, 2.45) is 5.92 Å². The first kappa shape index (κ1) is 15.8. The fourth-order valence-electron chi connectivity index (χ4n) is 2.06. The van der Waals surface area contributed by atoms with Gasteiger partial charge in [0.05, 0.1) is 5.92 Å². The van der Waals surface area contributed by atoms with Crippen LogP contribution in [0.5, 0.6) is 0 Å². The Morgan fingerprint density at radius 1 is 1.38 bits per heavy atom. The Morgan fingerprint density at radius 3 is 2.76 bits per heavy atom. The average Bonchev–Trinajstić information content (AvgIpc) is 2.49. The summed E-state index contributed by atoms with van der Waals surface area (Å²) in [4.78, 5) is 23.5. The lowest BCUT2D eigenvalue weighted by Crippen LogP contribution is -2.28. The molecule has 1 aromatic carbocycles. The second-order valence-electron chi connectivity index (χ2n) is 5.01. The third-order valence-electron chi connectivity index (χ3n) is 3.36. The summed E-state index contributed by atoms with van der Waals surface area (Å²) in [5, 5.41) is 3.22. The first-order chi connectivity index (χ1) is 10.1. The van der Waals surface area contributed by atoms with Crippen LogP contribution in [0.25, 0.3) is 0 Å². The molecular weight excluding hydrogens is 294 g/mol. The Balaban J connectivity index is 1.78. The van der Waals surface area contributed by atoms with Gasteiger partial charge in [-0.25, -0.2) is 0 Å². The van der Waals surface area contributed by atoms with E-state index in [9.17, 15) is 9.59 Å². The molecule has 1 aromatic rings. The summed E-state index contributed by atoms with van der Waals surface area (Å²) in [7, 11) is 0. The minimum absolute atomic E-state index is 0.166. The van der Waals surface area contributed by atoms with Crippen molar-refractivity contribution in [3.63, 3.8) is 0 Å². The molecule has 0 radical (unpaired) electrons. The summed E-state index contributed by atoms with van der Waals surface area (Å²) in [5.41, 5.74) is 1.51. The number of carbonyl (C=O) groups excluding carboxylic acids is 2. The van der Waals surface area contributed by atoms with Gasteiger partial charge in [-0.3, -0.25) is 9.59 Å². The summed E-state index contributed by atoms with van der Waals surface area (Å²) >= 11 is 5.98. The van der Waals surface area contributed by atoms with Gasteiger partial charge in [-0.1, -0.05) is 17.7 Å². The van der Waals surface area contributed by atoms with Gasteiger partial charge in [-0.2, -0.15) is 0 Å². The van der Waals surface area contributed by atoms with Gasteiger partial charge in [0.15, 0.2) is 6.61 Å². The Labute approximate surface area is 128 Å². The molecule has 114 valence electrons. The van der Waals surface area contributed by atoms with E-state index in [0.29, 0.717) is 36.8 Å². The molecule has 5 nitrogen and oxygen atoms in total. The number of aryl methyl sites for hydroxylation is 1. The van der Waals surface area contributed by atoms with Crippen LogP contribution in [0.15, 0.2) is 18.2 Å².